The third kappa shape index (κ3) is 6.09. The standard InChI is InChI=1S/C23H13Cl3N2O3/c24-17-6-4-15(5-7-17)23(30)31-19-3-1-2-14(11-19)10-16(13-27)22(29)28-18-8-9-20(25)21(26)12-18/h1-12H,(H,28,29)/b16-10+. The smallest absolute Gasteiger partial charge is 0.343 e. The zero-order valence-corrected chi connectivity index (χ0v) is 18.0. The minimum atomic E-state index is -0.621. The van der Waals surface area contributed by atoms with Gasteiger partial charge in [-0.15, -0.1) is 0 Å². The number of anilines is 1. The number of nitrogens with zero attached hydrogens (tertiary/aromatic N) is 1. The van der Waals surface area contributed by atoms with Gasteiger partial charge in [-0.1, -0.05) is 46.9 Å². The van der Waals surface area contributed by atoms with Crippen LogP contribution >= 0.6 is 34.8 Å². The van der Waals surface area contributed by atoms with Crippen LogP contribution in [0.15, 0.2) is 72.3 Å². The monoisotopic (exact) mass is 470 g/mol. The third-order valence-electron chi connectivity index (χ3n) is 4.00. The summed E-state index contributed by atoms with van der Waals surface area (Å²) in [6.45, 7) is 0. The first-order valence-corrected chi connectivity index (χ1v) is 9.95. The number of nitriles is 1. The second-order valence-electron chi connectivity index (χ2n) is 6.22. The number of halogens is 3. The minimum Gasteiger partial charge on any atom is -0.423 e. The molecule has 0 saturated heterocycles. The van der Waals surface area contributed by atoms with Crippen LogP contribution in [0.2, 0.25) is 15.1 Å². The molecule has 1 amide bonds. The molecule has 5 nitrogen and oxygen atoms in total. The topological polar surface area (TPSA) is 79.2 Å². The summed E-state index contributed by atoms with van der Waals surface area (Å²) < 4.78 is 5.35. The van der Waals surface area contributed by atoms with Gasteiger partial charge in [0.25, 0.3) is 5.91 Å². The number of amides is 1. The molecule has 0 aliphatic carbocycles. The molecular weight excluding hydrogens is 459 g/mol. The number of hydrogen-bond donors (Lipinski definition) is 1. The second kappa shape index (κ2) is 10.1. The Kier molecular flexibility index (Phi) is 7.32. The van der Waals surface area contributed by atoms with E-state index in [2.05, 4.69) is 5.32 Å². The number of benzene rings is 3. The fourth-order valence-electron chi connectivity index (χ4n) is 2.51. The van der Waals surface area contributed by atoms with Crippen LogP contribution in [-0.4, -0.2) is 11.9 Å². The molecule has 3 aromatic carbocycles. The molecule has 0 heterocycles. The molecule has 0 unspecified atom stereocenters. The predicted molar refractivity (Wildman–Crippen MR) is 122 cm³/mol. The quantitative estimate of drug-likeness (QED) is 0.202. The molecule has 0 bridgehead atoms. The predicted octanol–water partition coefficient (Wildman–Crippen LogP) is 6.41. The van der Waals surface area contributed by atoms with Gasteiger partial charge in [-0.3, -0.25) is 4.79 Å². The maximum absolute atomic E-state index is 12.4. The number of carbonyl (C=O) groups excluding carboxylic acids is 2. The molecule has 8 heteroatoms. The first kappa shape index (κ1) is 22.4. The van der Waals surface area contributed by atoms with Crippen LogP contribution in [0.25, 0.3) is 6.08 Å². The molecule has 0 radical (unpaired) electrons. The van der Waals surface area contributed by atoms with Crippen LogP contribution in [0, 0.1) is 11.3 Å². The van der Waals surface area contributed by atoms with Gasteiger partial charge in [-0.2, -0.15) is 5.26 Å². The van der Waals surface area contributed by atoms with Gasteiger partial charge < -0.3 is 10.1 Å². The lowest BCUT2D eigenvalue weighted by molar-refractivity contribution is -0.112. The van der Waals surface area contributed by atoms with Crippen molar-refractivity contribution in [1.82, 2.24) is 0 Å². The van der Waals surface area contributed by atoms with E-state index in [-0.39, 0.29) is 16.3 Å². The van der Waals surface area contributed by atoms with Crippen molar-refractivity contribution in [2.75, 3.05) is 5.32 Å². The molecule has 0 aliphatic rings. The second-order valence-corrected chi connectivity index (χ2v) is 7.47. The number of rotatable bonds is 5. The normalized spacial score (nSPS) is 10.8. The van der Waals surface area contributed by atoms with Crippen LogP contribution in [0.1, 0.15) is 15.9 Å². The van der Waals surface area contributed by atoms with Gasteiger partial charge in [0.15, 0.2) is 0 Å². The fraction of sp³-hybridized carbons (Fsp3) is 0. The SMILES string of the molecule is N#C/C(=C\c1cccc(OC(=O)c2ccc(Cl)cc2)c1)C(=O)Nc1ccc(Cl)c(Cl)c1. The molecule has 0 atom stereocenters. The molecule has 3 rings (SSSR count). The minimum absolute atomic E-state index is 0.146. The van der Waals surface area contributed by atoms with E-state index in [1.54, 1.807) is 48.5 Å². The van der Waals surface area contributed by atoms with Crippen molar-refractivity contribution in [2.45, 2.75) is 0 Å². The molecule has 31 heavy (non-hydrogen) atoms. The Hall–Kier alpha value is -3.30. The Balaban J connectivity index is 1.75. The number of esters is 1. The van der Waals surface area contributed by atoms with Gasteiger partial charge in [0.1, 0.15) is 17.4 Å². The van der Waals surface area contributed by atoms with Crippen molar-refractivity contribution in [2.24, 2.45) is 0 Å². The summed E-state index contributed by atoms with van der Waals surface area (Å²) in [6, 6.07) is 19.2. The summed E-state index contributed by atoms with van der Waals surface area (Å²) in [5.41, 5.74) is 1.09. The zero-order valence-electron chi connectivity index (χ0n) is 15.7. The number of nitrogens with one attached hydrogen (secondary N) is 1. The van der Waals surface area contributed by atoms with Gasteiger partial charge in [0.2, 0.25) is 0 Å². The largest absolute Gasteiger partial charge is 0.423 e. The molecule has 0 fully saturated rings. The fourth-order valence-corrected chi connectivity index (χ4v) is 2.93. The molecule has 0 aromatic heterocycles. The van der Waals surface area contributed by atoms with Gasteiger partial charge in [-0.25, -0.2) is 4.79 Å². The van der Waals surface area contributed by atoms with Gasteiger partial charge in [-0.05, 0) is 66.2 Å². The highest BCUT2D eigenvalue weighted by molar-refractivity contribution is 6.42. The van der Waals surface area contributed by atoms with E-state index >= 15 is 0 Å². The van der Waals surface area contributed by atoms with Crippen LogP contribution in [0.4, 0.5) is 5.69 Å². The summed E-state index contributed by atoms with van der Waals surface area (Å²) >= 11 is 17.6. The van der Waals surface area contributed by atoms with Crippen molar-refractivity contribution in [3.8, 4) is 11.8 Å². The lowest BCUT2D eigenvalue weighted by atomic mass is 10.1. The first-order valence-electron chi connectivity index (χ1n) is 8.82. The summed E-state index contributed by atoms with van der Waals surface area (Å²) in [4.78, 5) is 24.7. The summed E-state index contributed by atoms with van der Waals surface area (Å²) in [7, 11) is 0. The molecular formula is C23H13Cl3N2O3. The van der Waals surface area contributed by atoms with E-state index in [1.807, 2.05) is 6.07 Å². The van der Waals surface area contributed by atoms with E-state index in [9.17, 15) is 14.9 Å². The number of hydrogen-bond acceptors (Lipinski definition) is 4. The van der Waals surface area contributed by atoms with Crippen LogP contribution < -0.4 is 10.1 Å². The van der Waals surface area contributed by atoms with Gasteiger partial charge in [0, 0.05) is 10.7 Å². The molecule has 154 valence electrons. The van der Waals surface area contributed by atoms with Crippen LogP contribution in [-0.2, 0) is 4.79 Å². The Labute approximate surface area is 193 Å². The Morgan fingerprint density at radius 2 is 1.68 bits per heavy atom. The van der Waals surface area contributed by atoms with Crippen molar-refractivity contribution in [3.63, 3.8) is 0 Å². The van der Waals surface area contributed by atoms with Crippen molar-refractivity contribution >= 4 is 58.4 Å². The lowest BCUT2D eigenvalue weighted by Gasteiger charge is -2.07. The average Bonchev–Trinajstić information content (AvgIpc) is 2.75. The summed E-state index contributed by atoms with van der Waals surface area (Å²) in [5, 5.41) is 13.1. The van der Waals surface area contributed by atoms with Crippen LogP contribution in [0.3, 0.4) is 0 Å². The van der Waals surface area contributed by atoms with E-state index in [1.165, 1.54) is 24.3 Å². The lowest BCUT2D eigenvalue weighted by Crippen LogP contribution is -2.13. The highest BCUT2D eigenvalue weighted by Gasteiger charge is 2.12. The Bertz CT molecular complexity index is 1220. The molecule has 1 N–H and O–H groups in total. The Morgan fingerprint density at radius 1 is 0.935 bits per heavy atom. The molecule has 0 aliphatic heterocycles. The zero-order chi connectivity index (χ0) is 22.4. The third-order valence-corrected chi connectivity index (χ3v) is 4.99. The number of ether oxygens (including phenoxy) is 1. The molecule has 0 saturated carbocycles. The maximum atomic E-state index is 12.4. The van der Waals surface area contributed by atoms with Crippen molar-refractivity contribution in [3.05, 3.63) is 98.5 Å². The highest BCUT2D eigenvalue weighted by atomic mass is 35.5. The van der Waals surface area contributed by atoms with E-state index < -0.39 is 11.9 Å². The van der Waals surface area contributed by atoms with Gasteiger partial charge >= 0.3 is 5.97 Å². The van der Waals surface area contributed by atoms with E-state index in [4.69, 9.17) is 39.5 Å². The average molecular weight is 472 g/mol. The van der Waals surface area contributed by atoms with Gasteiger partial charge in [0.05, 0.1) is 15.6 Å². The molecule has 3 aromatic rings. The Morgan fingerprint density at radius 3 is 2.35 bits per heavy atom. The highest BCUT2D eigenvalue weighted by Crippen LogP contribution is 2.25. The van der Waals surface area contributed by atoms with Crippen LogP contribution in [0.5, 0.6) is 5.75 Å². The van der Waals surface area contributed by atoms with Crippen molar-refractivity contribution in [1.29, 1.82) is 5.26 Å². The van der Waals surface area contributed by atoms with Crippen molar-refractivity contribution < 1.29 is 14.3 Å². The summed E-state index contributed by atoms with van der Waals surface area (Å²) in [6.07, 6.45) is 1.38. The summed E-state index contributed by atoms with van der Waals surface area (Å²) in [5.74, 6) is -0.920. The molecule has 0 spiro atoms. The van der Waals surface area contributed by atoms with E-state index in [0.29, 0.717) is 26.9 Å². The maximum Gasteiger partial charge on any atom is 0.343 e. The first-order chi connectivity index (χ1) is 14.9. The van der Waals surface area contributed by atoms with E-state index in [0.717, 1.165) is 0 Å². The number of carbonyl (C=O) groups is 2.